The molecular weight excluding hydrogens is 372 g/mol. The monoisotopic (exact) mass is 392 g/mol. The second kappa shape index (κ2) is 8.05. The first kappa shape index (κ1) is 18.7. The fraction of sp³-hybridized carbons (Fsp3) is 0.389. The molecule has 0 bridgehead atoms. The number of carbonyl (C=O) groups is 2. The lowest BCUT2D eigenvalue weighted by molar-refractivity contribution is -0.131. The maximum Gasteiger partial charge on any atom is 0.321 e. The topological polar surface area (TPSA) is 65.5 Å². The van der Waals surface area contributed by atoms with Crippen molar-refractivity contribution in [1.82, 2.24) is 14.8 Å². The zero-order chi connectivity index (χ0) is 18.7. The van der Waals surface area contributed by atoms with Gasteiger partial charge in [-0.3, -0.25) is 4.79 Å². The predicted octanol–water partition coefficient (Wildman–Crippen LogP) is 3.33. The number of hydrogen-bond donors (Lipinski definition) is 1. The number of rotatable bonds is 3. The Morgan fingerprint density at radius 1 is 1.12 bits per heavy atom. The van der Waals surface area contributed by atoms with Crippen LogP contribution in [-0.4, -0.2) is 52.9 Å². The number of nitrogens with one attached hydrogen (secondary N) is 1. The third-order valence-electron chi connectivity index (χ3n) is 4.33. The van der Waals surface area contributed by atoms with E-state index in [0.29, 0.717) is 43.3 Å². The van der Waals surface area contributed by atoms with E-state index in [-0.39, 0.29) is 11.9 Å². The number of aryl methyl sites for hydroxylation is 2. The molecule has 0 atom stereocenters. The van der Waals surface area contributed by atoms with Gasteiger partial charge >= 0.3 is 6.03 Å². The van der Waals surface area contributed by atoms with Crippen LogP contribution in [0.15, 0.2) is 24.3 Å². The minimum atomic E-state index is -0.159. The Hall–Kier alpha value is -2.12. The summed E-state index contributed by atoms with van der Waals surface area (Å²) in [5.74, 6) is 0.0921. The number of piperazine rings is 1. The molecule has 26 heavy (non-hydrogen) atoms. The number of carbonyl (C=O) groups excluding carboxylic acids is 2. The number of halogens is 1. The van der Waals surface area contributed by atoms with Crippen molar-refractivity contribution >= 4 is 40.6 Å². The fourth-order valence-electron chi connectivity index (χ4n) is 2.88. The Kier molecular flexibility index (Phi) is 5.78. The predicted molar refractivity (Wildman–Crippen MR) is 104 cm³/mol. The smallest absolute Gasteiger partial charge is 0.321 e. The zero-order valence-corrected chi connectivity index (χ0v) is 16.4. The Bertz CT molecular complexity index is 798. The minimum absolute atomic E-state index is 0.0921. The Balaban J connectivity index is 1.50. The van der Waals surface area contributed by atoms with Crippen molar-refractivity contribution in [3.8, 4) is 0 Å². The number of anilines is 1. The molecule has 1 aliphatic heterocycles. The van der Waals surface area contributed by atoms with Gasteiger partial charge < -0.3 is 15.1 Å². The van der Waals surface area contributed by atoms with Crippen molar-refractivity contribution in [3.05, 3.63) is 44.9 Å². The molecule has 1 aromatic carbocycles. The second-order valence-electron chi connectivity index (χ2n) is 6.22. The van der Waals surface area contributed by atoms with Gasteiger partial charge in [-0.2, -0.15) is 0 Å². The number of thiazole rings is 1. The van der Waals surface area contributed by atoms with Crippen molar-refractivity contribution in [1.29, 1.82) is 0 Å². The quantitative estimate of drug-likeness (QED) is 0.871. The Morgan fingerprint density at radius 2 is 1.73 bits per heavy atom. The molecule has 3 amide bonds. The summed E-state index contributed by atoms with van der Waals surface area (Å²) in [6.45, 7) is 6.01. The van der Waals surface area contributed by atoms with E-state index >= 15 is 0 Å². The molecule has 2 aromatic rings. The lowest BCUT2D eigenvalue weighted by Crippen LogP contribution is -2.52. The minimum Gasteiger partial charge on any atom is -0.339 e. The first-order valence-electron chi connectivity index (χ1n) is 8.44. The van der Waals surface area contributed by atoms with Crippen LogP contribution in [0.25, 0.3) is 0 Å². The van der Waals surface area contributed by atoms with Crippen molar-refractivity contribution in [2.45, 2.75) is 20.3 Å². The molecule has 2 heterocycles. The zero-order valence-electron chi connectivity index (χ0n) is 14.8. The van der Waals surface area contributed by atoms with E-state index in [1.54, 1.807) is 40.5 Å². The lowest BCUT2D eigenvalue weighted by atomic mass is 10.2. The van der Waals surface area contributed by atoms with Gasteiger partial charge in [0.05, 0.1) is 17.1 Å². The molecular formula is C18H21ClN4O2S. The normalized spacial score (nSPS) is 14.4. The lowest BCUT2D eigenvalue weighted by Gasteiger charge is -2.34. The molecule has 1 N–H and O–H groups in total. The second-order valence-corrected chi connectivity index (χ2v) is 7.95. The molecule has 0 aliphatic carbocycles. The van der Waals surface area contributed by atoms with Gasteiger partial charge in [0.1, 0.15) is 0 Å². The van der Waals surface area contributed by atoms with Crippen LogP contribution >= 0.6 is 22.9 Å². The van der Waals surface area contributed by atoms with E-state index in [1.165, 1.54) is 0 Å². The molecule has 1 fully saturated rings. The van der Waals surface area contributed by atoms with Crippen LogP contribution in [0, 0.1) is 13.8 Å². The van der Waals surface area contributed by atoms with Crippen LogP contribution < -0.4 is 5.32 Å². The number of aromatic nitrogens is 1. The van der Waals surface area contributed by atoms with E-state index in [0.717, 1.165) is 15.6 Å². The maximum absolute atomic E-state index is 12.5. The van der Waals surface area contributed by atoms with Crippen LogP contribution in [0.1, 0.15) is 15.6 Å². The van der Waals surface area contributed by atoms with Crippen LogP contribution in [0.3, 0.4) is 0 Å². The molecule has 1 aromatic heterocycles. The van der Waals surface area contributed by atoms with Gasteiger partial charge in [-0.25, -0.2) is 9.78 Å². The van der Waals surface area contributed by atoms with E-state index in [9.17, 15) is 9.59 Å². The van der Waals surface area contributed by atoms with Gasteiger partial charge in [0.25, 0.3) is 0 Å². The third-order valence-corrected chi connectivity index (χ3v) is 5.65. The van der Waals surface area contributed by atoms with Gasteiger partial charge in [0.15, 0.2) is 0 Å². The summed E-state index contributed by atoms with van der Waals surface area (Å²) >= 11 is 7.42. The molecule has 0 radical (unpaired) electrons. The molecule has 0 unspecified atom stereocenters. The van der Waals surface area contributed by atoms with Crippen molar-refractivity contribution < 1.29 is 9.59 Å². The van der Waals surface area contributed by atoms with Gasteiger partial charge in [0.2, 0.25) is 5.91 Å². The number of hydrogen-bond acceptors (Lipinski definition) is 4. The largest absolute Gasteiger partial charge is 0.339 e. The highest BCUT2D eigenvalue weighted by Gasteiger charge is 2.25. The van der Waals surface area contributed by atoms with Gasteiger partial charge in [-0.05, 0) is 38.1 Å². The number of urea groups is 1. The number of nitrogens with zero attached hydrogens (tertiary/aromatic N) is 3. The Morgan fingerprint density at radius 3 is 2.31 bits per heavy atom. The van der Waals surface area contributed by atoms with Crippen LogP contribution in [0.5, 0.6) is 0 Å². The standard InChI is InChI=1S/C18H21ClN4O2S/c1-12-16(26-13(2)20-12)11-17(24)22-7-9-23(10-8-22)18(25)21-15-5-3-14(19)4-6-15/h3-6H,7-11H2,1-2H3,(H,21,25). The highest BCUT2D eigenvalue weighted by Crippen LogP contribution is 2.19. The summed E-state index contributed by atoms with van der Waals surface area (Å²) in [6, 6.07) is 6.83. The maximum atomic E-state index is 12.5. The van der Waals surface area contributed by atoms with Crippen LogP contribution in [-0.2, 0) is 11.2 Å². The molecule has 6 nitrogen and oxygen atoms in total. The van der Waals surface area contributed by atoms with Gasteiger partial charge in [-0.1, -0.05) is 11.6 Å². The summed E-state index contributed by atoms with van der Waals surface area (Å²) in [6.07, 6.45) is 0.383. The summed E-state index contributed by atoms with van der Waals surface area (Å²) in [7, 11) is 0. The molecule has 3 rings (SSSR count). The molecule has 1 aliphatic rings. The molecule has 0 spiro atoms. The van der Waals surface area contributed by atoms with Gasteiger partial charge in [-0.15, -0.1) is 11.3 Å². The highest BCUT2D eigenvalue weighted by molar-refractivity contribution is 7.11. The number of amides is 3. The molecule has 8 heteroatoms. The fourth-order valence-corrected chi connectivity index (χ4v) is 3.94. The summed E-state index contributed by atoms with van der Waals surface area (Å²) in [4.78, 5) is 33.8. The van der Waals surface area contributed by atoms with E-state index in [1.807, 2.05) is 18.7 Å². The average Bonchev–Trinajstić information content (AvgIpc) is 2.94. The first-order chi connectivity index (χ1) is 12.4. The number of benzene rings is 1. The third kappa shape index (κ3) is 4.53. The van der Waals surface area contributed by atoms with Crippen LogP contribution in [0.4, 0.5) is 10.5 Å². The molecule has 1 saturated heterocycles. The molecule has 0 saturated carbocycles. The first-order valence-corrected chi connectivity index (χ1v) is 9.64. The van der Waals surface area contributed by atoms with E-state index < -0.39 is 0 Å². The summed E-state index contributed by atoms with van der Waals surface area (Å²) in [5.41, 5.74) is 1.63. The molecule has 138 valence electrons. The Labute approximate surface area is 161 Å². The van der Waals surface area contributed by atoms with Crippen molar-refractivity contribution in [2.24, 2.45) is 0 Å². The summed E-state index contributed by atoms with van der Waals surface area (Å²) < 4.78 is 0. The van der Waals surface area contributed by atoms with Crippen LogP contribution in [0.2, 0.25) is 5.02 Å². The van der Waals surface area contributed by atoms with Crippen molar-refractivity contribution in [3.63, 3.8) is 0 Å². The van der Waals surface area contributed by atoms with E-state index in [2.05, 4.69) is 10.3 Å². The summed E-state index contributed by atoms with van der Waals surface area (Å²) in [5, 5.41) is 4.46. The van der Waals surface area contributed by atoms with Gasteiger partial charge in [0, 0.05) is 41.8 Å². The SMILES string of the molecule is Cc1nc(C)c(CC(=O)N2CCN(C(=O)Nc3ccc(Cl)cc3)CC2)s1. The average molecular weight is 393 g/mol. The van der Waals surface area contributed by atoms with E-state index in [4.69, 9.17) is 11.6 Å². The highest BCUT2D eigenvalue weighted by atomic mass is 35.5. The van der Waals surface area contributed by atoms with Crippen molar-refractivity contribution in [2.75, 3.05) is 31.5 Å².